The minimum atomic E-state index is -0.317. The van der Waals surface area contributed by atoms with Crippen molar-refractivity contribution >= 4 is 35.8 Å². The summed E-state index contributed by atoms with van der Waals surface area (Å²) in [7, 11) is 0. The minimum absolute atomic E-state index is 0. The molecule has 0 aliphatic heterocycles. The van der Waals surface area contributed by atoms with Crippen LogP contribution in [0.5, 0.6) is 5.75 Å². The molecule has 0 fully saturated rings. The molecule has 1 aromatic carbocycles. The number of guanidine groups is 1. The summed E-state index contributed by atoms with van der Waals surface area (Å²) in [4.78, 5) is 16.6. The Labute approximate surface area is 194 Å². The average molecular weight is 529 g/mol. The zero-order chi connectivity index (χ0) is 21.1. The van der Waals surface area contributed by atoms with Crippen LogP contribution in [0.4, 0.5) is 0 Å². The number of hydrogen-bond donors (Lipinski definition) is 4. The van der Waals surface area contributed by atoms with Crippen molar-refractivity contribution in [3.05, 3.63) is 47.3 Å². The molecule has 0 aliphatic carbocycles. The van der Waals surface area contributed by atoms with Crippen molar-refractivity contribution in [2.45, 2.75) is 46.1 Å². The van der Waals surface area contributed by atoms with Crippen molar-refractivity contribution in [2.75, 3.05) is 19.6 Å². The third-order valence-electron chi connectivity index (χ3n) is 4.57. The van der Waals surface area contributed by atoms with E-state index >= 15 is 0 Å². The molecule has 1 amide bonds. The molecule has 0 bridgehead atoms. The summed E-state index contributed by atoms with van der Waals surface area (Å²) in [5.41, 5.74) is 1.23. The van der Waals surface area contributed by atoms with Crippen LogP contribution >= 0.6 is 24.0 Å². The zero-order valence-corrected chi connectivity index (χ0v) is 20.1. The Morgan fingerprint density at radius 2 is 1.83 bits per heavy atom. The van der Waals surface area contributed by atoms with Crippen LogP contribution in [-0.2, 0) is 6.54 Å². The van der Waals surface area contributed by atoms with Crippen LogP contribution in [-0.4, -0.2) is 41.8 Å². The van der Waals surface area contributed by atoms with E-state index in [2.05, 4.69) is 39.9 Å². The maximum absolute atomic E-state index is 12.1. The number of phenols is 1. The number of para-hydroxylation sites is 1. The van der Waals surface area contributed by atoms with Crippen LogP contribution < -0.4 is 16.0 Å². The van der Waals surface area contributed by atoms with E-state index in [9.17, 15) is 9.90 Å². The number of aromatic hydroxyl groups is 1. The van der Waals surface area contributed by atoms with E-state index in [1.165, 1.54) is 6.07 Å². The van der Waals surface area contributed by atoms with Crippen LogP contribution in [0.25, 0.3) is 0 Å². The topological polar surface area (TPSA) is 112 Å². The Balaban J connectivity index is 0.00000450. The highest BCUT2D eigenvalue weighted by Crippen LogP contribution is 2.22. The van der Waals surface area contributed by atoms with E-state index in [0.717, 1.165) is 24.3 Å². The maximum Gasteiger partial charge on any atom is 0.255 e. The van der Waals surface area contributed by atoms with Crippen molar-refractivity contribution in [1.82, 2.24) is 21.1 Å². The van der Waals surface area contributed by atoms with Gasteiger partial charge < -0.3 is 25.6 Å². The van der Waals surface area contributed by atoms with E-state index < -0.39 is 0 Å². The van der Waals surface area contributed by atoms with Crippen LogP contribution in [0.15, 0.2) is 39.8 Å². The molecule has 0 unspecified atom stereocenters. The number of phenolic OH excluding ortho intramolecular Hbond substituents is 1. The van der Waals surface area contributed by atoms with Gasteiger partial charge in [-0.15, -0.1) is 24.0 Å². The van der Waals surface area contributed by atoms with Crippen LogP contribution in [0.1, 0.15) is 61.3 Å². The molecular weight excluding hydrogens is 497 g/mol. The molecule has 8 nitrogen and oxygen atoms in total. The number of amides is 1. The number of nitrogens with zero attached hydrogens (tertiary/aromatic N) is 2. The van der Waals surface area contributed by atoms with Gasteiger partial charge in [0.2, 0.25) is 0 Å². The van der Waals surface area contributed by atoms with Gasteiger partial charge in [0.05, 0.1) is 11.3 Å². The third kappa shape index (κ3) is 7.85. The van der Waals surface area contributed by atoms with Crippen molar-refractivity contribution in [3.63, 3.8) is 0 Å². The van der Waals surface area contributed by atoms with Gasteiger partial charge in [-0.25, -0.2) is 4.99 Å². The summed E-state index contributed by atoms with van der Waals surface area (Å²) in [6, 6.07) is 8.42. The first-order valence-electron chi connectivity index (χ1n) is 10.1. The summed E-state index contributed by atoms with van der Waals surface area (Å²) in [6.45, 7) is 8.24. The summed E-state index contributed by atoms with van der Waals surface area (Å²) in [6.07, 6.45) is 2.06. The number of carbonyl (C=O) groups is 1. The highest BCUT2D eigenvalue weighted by Gasteiger charge is 2.13. The van der Waals surface area contributed by atoms with Gasteiger partial charge >= 0.3 is 0 Å². The number of halogens is 1. The smallest absolute Gasteiger partial charge is 0.255 e. The normalized spacial score (nSPS) is 11.1. The van der Waals surface area contributed by atoms with E-state index in [1.807, 2.05) is 13.0 Å². The number of benzene rings is 1. The Bertz CT molecular complexity index is 805. The van der Waals surface area contributed by atoms with Crippen LogP contribution in [0.3, 0.4) is 0 Å². The first-order valence-corrected chi connectivity index (χ1v) is 10.1. The van der Waals surface area contributed by atoms with Crippen molar-refractivity contribution in [2.24, 2.45) is 4.99 Å². The SMILES string of the molecule is CCNC(=NCc1cc(C(CC)CC)no1)NCCNC(=O)c1ccccc1O.I. The average Bonchev–Trinajstić information content (AvgIpc) is 3.19. The Morgan fingerprint density at radius 1 is 1.13 bits per heavy atom. The van der Waals surface area contributed by atoms with Crippen molar-refractivity contribution in [3.8, 4) is 5.75 Å². The van der Waals surface area contributed by atoms with Crippen molar-refractivity contribution < 1.29 is 14.4 Å². The second kappa shape index (κ2) is 13.8. The number of hydrogen-bond acceptors (Lipinski definition) is 5. The zero-order valence-electron chi connectivity index (χ0n) is 17.8. The number of nitrogens with one attached hydrogen (secondary N) is 3. The molecule has 0 spiro atoms. The van der Waals surface area contributed by atoms with Crippen LogP contribution in [0.2, 0.25) is 0 Å². The lowest BCUT2D eigenvalue weighted by atomic mass is 9.99. The molecule has 30 heavy (non-hydrogen) atoms. The Morgan fingerprint density at radius 3 is 2.50 bits per heavy atom. The number of aliphatic imine (C=N–C) groups is 1. The molecule has 166 valence electrons. The maximum atomic E-state index is 12.1. The molecule has 0 radical (unpaired) electrons. The lowest BCUT2D eigenvalue weighted by Gasteiger charge is -2.12. The monoisotopic (exact) mass is 529 g/mol. The molecule has 1 aromatic heterocycles. The molecule has 0 saturated carbocycles. The van der Waals surface area contributed by atoms with Gasteiger partial charge in [0.15, 0.2) is 11.7 Å². The molecule has 1 heterocycles. The van der Waals surface area contributed by atoms with Gasteiger partial charge in [-0.05, 0) is 31.9 Å². The molecule has 2 aromatic rings. The van der Waals surface area contributed by atoms with Gasteiger partial charge in [0.1, 0.15) is 12.3 Å². The number of carbonyl (C=O) groups excluding carboxylic acids is 1. The molecular formula is C21H32IN5O3. The lowest BCUT2D eigenvalue weighted by Crippen LogP contribution is -2.41. The van der Waals surface area contributed by atoms with Gasteiger partial charge in [-0.2, -0.15) is 0 Å². The van der Waals surface area contributed by atoms with E-state index in [0.29, 0.717) is 38.1 Å². The highest BCUT2D eigenvalue weighted by atomic mass is 127. The van der Waals surface area contributed by atoms with E-state index in [1.54, 1.807) is 18.2 Å². The molecule has 0 atom stereocenters. The van der Waals surface area contributed by atoms with E-state index in [-0.39, 0.29) is 41.2 Å². The summed E-state index contributed by atoms with van der Waals surface area (Å²) in [5.74, 6) is 1.41. The van der Waals surface area contributed by atoms with Gasteiger partial charge in [0.25, 0.3) is 5.91 Å². The number of rotatable bonds is 10. The molecule has 2 rings (SSSR count). The predicted octanol–water partition coefficient (Wildman–Crippen LogP) is 3.39. The molecule has 0 saturated heterocycles. The first-order chi connectivity index (χ1) is 14.1. The largest absolute Gasteiger partial charge is 0.507 e. The molecule has 9 heteroatoms. The second-order valence-corrected chi connectivity index (χ2v) is 6.63. The summed E-state index contributed by atoms with van der Waals surface area (Å²) in [5, 5.41) is 23.0. The standard InChI is InChI=1S/C21H31N5O3.HI/c1-4-15(5-2)18-13-16(29-26-18)14-25-21(22-6-3)24-12-11-23-20(28)17-9-7-8-10-19(17)27;/h7-10,13,15,27H,4-6,11-12,14H2,1-3H3,(H,23,28)(H2,22,24,25);1H. The highest BCUT2D eigenvalue weighted by molar-refractivity contribution is 14.0. The predicted molar refractivity (Wildman–Crippen MR) is 128 cm³/mol. The fourth-order valence-corrected chi connectivity index (χ4v) is 2.92. The van der Waals surface area contributed by atoms with Crippen molar-refractivity contribution in [1.29, 1.82) is 0 Å². The van der Waals surface area contributed by atoms with Gasteiger partial charge in [0, 0.05) is 31.6 Å². The fraction of sp³-hybridized carbons (Fsp3) is 0.476. The van der Waals surface area contributed by atoms with E-state index in [4.69, 9.17) is 4.52 Å². The number of aromatic nitrogens is 1. The fourth-order valence-electron chi connectivity index (χ4n) is 2.92. The third-order valence-corrected chi connectivity index (χ3v) is 4.57. The first kappa shape index (κ1) is 25.7. The minimum Gasteiger partial charge on any atom is -0.507 e. The summed E-state index contributed by atoms with van der Waals surface area (Å²) < 4.78 is 5.40. The quantitative estimate of drug-likeness (QED) is 0.163. The molecule has 4 N–H and O–H groups in total. The molecule has 0 aliphatic rings. The summed E-state index contributed by atoms with van der Waals surface area (Å²) >= 11 is 0. The lowest BCUT2D eigenvalue weighted by molar-refractivity contribution is 0.0951. The van der Waals surface area contributed by atoms with Gasteiger partial charge in [-0.3, -0.25) is 4.79 Å². The van der Waals surface area contributed by atoms with Gasteiger partial charge in [-0.1, -0.05) is 31.1 Å². The Hall–Kier alpha value is -2.30. The second-order valence-electron chi connectivity index (χ2n) is 6.63. The Kier molecular flexibility index (Phi) is 11.9. The van der Waals surface area contributed by atoms with Crippen LogP contribution in [0, 0.1) is 0 Å².